The summed E-state index contributed by atoms with van der Waals surface area (Å²) in [6.45, 7) is 2.85. The number of piperazine rings is 1. The molecule has 0 unspecified atom stereocenters. The molecular weight excluding hydrogens is 554 g/mol. The Morgan fingerprint density at radius 3 is 2.32 bits per heavy atom. The summed E-state index contributed by atoms with van der Waals surface area (Å²) in [5.74, 6) is 0.458. The van der Waals surface area contributed by atoms with Crippen LogP contribution in [0.1, 0.15) is 10.4 Å². The molecule has 1 N–H and O–H groups in total. The van der Waals surface area contributed by atoms with Crippen LogP contribution in [0.2, 0.25) is 0 Å². The Hall–Kier alpha value is -3.63. The molecule has 0 atom stereocenters. The quantitative estimate of drug-likeness (QED) is 0.302. The SMILES string of the molecule is O=C(CSc1nnc(-c2ccccc2Br)o1)Nc1ccc(N2CCN(C(=O)c3ccccc3)CC2)cc1. The Kier molecular flexibility index (Phi) is 7.86. The summed E-state index contributed by atoms with van der Waals surface area (Å²) in [5, 5.41) is 11.3. The Morgan fingerprint density at radius 1 is 0.892 bits per heavy atom. The van der Waals surface area contributed by atoms with Gasteiger partial charge in [-0.2, -0.15) is 0 Å². The molecule has 1 fully saturated rings. The van der Waals surface area contributed by atoms with E-state index in [1.54, 1.807) is 0 Å². The fraction of sp³-hybridized carbons (Fsp3) is 0.185. The maximum Gasteiger partial charge on any atom is 0.277 e. The summed E-state index contributed by atoms with van der Waals surface area (Å²) in [6.07, 6.45) is 0. The molecular formula is C27H24BrN5O3S. The van der Waals surface area contributed by atoms with Crippen LogP contribution in [-0.2, 0) is 4.79 Å². The van der Waals surface area contributed by atoms with Crippen molar-refractivity contribution in [2.75, 3.05) is 42.1 Å². The highest BCUT2D eigenvalue weighted by atomic mass is 79.9. The van der Waals surface area contributed by atoms with E-state index in [1.807, 2.05) is 83.8 Å². The van der Waals surface area contributed by atoms with Crippen LogP contribution in [-0.4, -0.2) is 58.8 Å². The first kappa shape index (κ1) is 25.0. The molecule has 10 heteroatoms. The van der Waals surface area contributed by atoms with Gasteiger partial charge >= 0.3 is 0 Å². The fourth-order valence-electron chi connectivity index (χ4n) is 4.02. The van der Waals surface area contributed by atoms with Crippen LogP contribution in [0.5, 0.6) is 0 Å². The van der Waals surface area contributed by atoms with E-state index in [0.717, 1.165) is 34.4 Å². The molecule has 1 aliphatic heterocycles. The summed E-state index contributed by atoms with van der Waals surface area (Å²) in [7, 11) is 0. The maximum atomic E-state index is 12.7. The third-order valence-electron chi connectivity index (χ3n) is 5.94. The highest BCUT2D eigenvalue weighted by Crippen LogP contribution is 2.29. The zero-order valence-corrected chi connectivity index (χ0v) is 22.2. The van der Waals surface area contributed by atoms with Crippen LogP contribution in [0, 0.1) is 0 Å². The van der Waals surface area contributed by atoms with Crippen LogP contribution in [0.3, 0.4) is 0 Å². The number of benzene rings is 3. The smallest absolute Gasteiger partial charge is 0.277 e. The van der Waals surface area contributed by atoms with Gasteiger partial charge in [0.25, 0.3) is 11.1 Å². The van der Waals surface area contributed by atoms with E-state index in [1.165, 1.54) is 11.8 Å². The Labute approximate surface area is 227 Å². The van der Waals surface area contributed by atoms with Crippen molar-refractivity contribution in [3.05, 3.63) is 88.9 Å². The number of carbonyl (C=O) groups is 2. The molecule has 1 saturated heterocycles. The molecule has 0 spiro atoms. The van der Waals surface area contributed by atoms with Crippen molar-refractivity contribution in [2.45, 2.75) is 5.22 Å². The van der Waals surface area contributed by atoms with Crippen LogP contribution < -0.4 is 10.2 Å². The number of hydrogen-bond donors (Lipinski definition) is 1. The number of halogens is 1. The van der Waals surface area contributed by atoms with Crippen molar-refractivity contribution in [1.29, 1.82) is 0 Å². The first-order valence-electron chi connectivity index (χ1n) is 11.8. The first-order valence-corrected chi connectivity index (χ1v) is 13.5. The summed E-state index contributed by atoms with van der Waals surface area (Å²) >= 11 is 4.66. The van der Waals surface area contributed by atoms with E-state index < -0.39 is 0 Å². The van der Waals surface area contributed by atoms with Gasteiger partial charge in [-0.1, -0.05) is 42.1 Å². The zero-order valence-electron chi connectivity index (χ0n) is 19.8. The lowest BCUT2D eigenvalue weighted by molar-refractivity contribution is -0.113. The minimum atomic E-state index is -0.161. The minimum Gasteiger partial charge on any atom is -0.411 e. The van der Waals surface area contributed by atoms with E-state index in [4.69, 9.17) is 4.42 Å². The van der Waals surface area contributed by atoms with E-state index in [2.05, 4.69) is 36.3 Å². The van der Waals surface area contributed by atoms with Crippen LogP contribution in [0.4, 0.5) is 11.4 Å². The van der Waals surface area contributed by atoms with Crippen molar-refractivity contribution in [1.82, 2.24) is 15.1 Å². The summed E-state index contributed by atoms with van der Waals surface area (Å²) in [6, 6.07) is 24.7. The number of rotatable bonds is 7. The van der Waals surface area contributed by atoms with Crippen LogP contribution >= 0.6 is 27.7 Å². The Bertz CT molecular complexity index is 1370. The van der Waals surface area contributed by atoms with Gasteiger partial charge in [0.15, 0.2) is 0 Å². The number of nitrogens with zero attached hydrogens (tertiary/aromatic N) is 4. The van der Waals surface area contributed by atoms with E-state index in [9.17, 15) is 9.59 Å². The lowest BCUT2D eigenvalue weighted by atomic mass is 10.1. The van der Waals surface area contributed by atoms with Crippen LogP contribution in [0.15, 0.2) is 93.0 Å². The highest BCUT2D eigenvalue weighted by Gasteiger charge is 2.22. The van der Waals surface area contributed by atoms with Gasteiger partial charge in [-0.15, -0.1) is 10.2 Å². The highest BCUT2D eigenvalue weighted by molar-refractivity contribution is 9.10. The Balaban J connectivity index is 1.09. The predicted molar refractivity (Wildman–Crippen MR) is 148 cm³/mol. The number of hydrogen-bond acceptors (Lipinski definition) is 7. The van der Waals surface area contributed by atoms with Gasteiger partial charge in [-0.05, 0) is 64.5 Å². The molecule has 2 amide bonds. The number of nitrogens with one attached hydrogen (secondary N) is 1. The molecule has 3 aromatic carbocycles. The van der Waals surface area contributed by atoms with Gasteiger partial charge in [-0.25, -0.2) is 0 Å². The first-order chi connectivity index (χ1) is 18.1. The largest absolute Gasteiger partial charge is 0.411 e. The number of amides is 2. The molecule has 2 heterocycles. The number of anilines is 2. The summed E-state index contributed by atoms with van der Waals surface area (Å²) in [5.41, 5.74) is 3.30. The van der Waals surface area contributed by atoms with Gasteiger partial charge in [0, 0.05) is 47.6 Å². The second kappa shape index (κ2) is 11.6. The van der Waals surface area contributed by atoms with Gasteiger partial charge in [0.1, 0.15) is 0 Å². The van der Waals surface area contributed by atoms with Crippen molar-refractivity contribution in [3.63, 3.8) is 0 Å². The molecule has 0 radical (unpaired) electrons. The maximum absolute atomic E-state index is 12.7. The second-order valence-electron chi connectivity index (χ2n) is 8.38. The van der Waals surface area contributed by atoms with E-state index >= 15 is 0 Å². The van der Waals surface area contributed by atoms with Gasteiger partial charge < -0.3 is 19.5 Å². The van der Waals surface area contributed by atoms with E-state index in [-0.39, 0.29) is 17.6 Å². The van der Waals surface area contributed by atoms with Crippen molar-refractivity contribution < 1.29 is 14.0 Å². The third-order valence-corrected chi connectivity index (χ3v) is 7.45. The topological polar surface area (TPSA) is 91.6 Å². The molecule has 188 valence electrons. The van der Waals surface area contributed by atoms with Gasteiger partial charge in [-0.3, -0.25) is 9.59 Å². The standard InChI is InChI=1S/C27H24BrN5O3S/c28-23-9-5-4-8-22(23)25-30-31-27(36-25)37-18-24(34)29-20-10-12-21(13-11-20)32-14-16-33(17-15-32)26(35)19-6-2-1-3-7-19/h1-13H,14-18H2,(H,29,34). The number of aromatic nitrogens is 2. The summed E-state index contributed by atoms with van der Waals surface area (Å²) < 4.78 is 6.54. The van der Waals surface area contributed by atoms with Crippen molar-refractivity contribution in [3.8, 4) is 11.5 Å². The summed E-state index contributed by atoms with van der Waals surface area (Å²) in [4.78, 5) is 29.2. The molecule has 4 aromatic rings. The van der Waals surface area contributed by atoms with Crippen LogP contribution in [0.25, 0.3) is 11.5 Å². The average molecular weight is 578 g/mol. The normalized spacial score (nSPS) is 13.4. The fourth-order valence-corrected chi connectivity index (χ4v) is 5.04. The van der Waals surface area contributed by atoms with Crippen molar-refractivity contribution in [2.24, 2.45) is 0 Å². The molecule has 5 rings (SSSR count). The molecule has 0 bridgehead atoms. The zero-order chi connectivity index (χ0) is 25.6. The van der Waals surface area contributed by atoms with Gasteiger partial charge in [0.2, 0.25) is 11.8 Å². The number of carbonyl (C=O) groups excluding carboxylic acids is 2. The molecule has 8 nitrogen and oxygen atoms in total. The molecule has 1 aliphatic rings. The lowest BCUT2D eigenvalue weighted by Gasteiger charge is -2.36. The van der Waals surface area contributed by atoms with Gasteiger partial charge in [0.05, 0.1) is 11.3 Å². The third kappa shape index (κ3) is 6.20. The Morgan fingerprint density at radius 2 is 1.59 bits per heavy atom. The lowest BCUT2D eigenvalue weighted by Crippen LogP contribution is -2.48. The predicted octanol–water partition coefficient (Wildman–Crippen LogP) is 5.19. The van der Waals surface area contributed by atoms with Crippen molar-refractivity contribution >= 4 is 50.9 Å². The number of thioether (sulfide) groups is 1. The minimum absolute atomic E-state index is 0.0702. The molecule has 37 heavy (non-hydrogen) atoms. The van der Waals surface area contributed by atoms with E-state index in [0.29, 0.717) is 29.9 Å². The molecule has 0 aliphatic carbocycles. The second-order valence-corrected chi connectivity index (χ2v) is 10.2. The monoisotopic (exact) mass is 577 g/mol. The average Bonchev–Trinajstić information content (AvgIpc) is 3.42. The molecule has 0 saturated carbocycles. The molecule has 1 aromatic heterocycles.